The summed E-state index contributed by atoms with van der Waals surface area (Å²) in [6.07, 6.45) is 0. The minimum atomic E-state index is -1.18. The van der Waals surface area contributed by atoms with Crippen molar-refractivity contribution in [2.75, 3.05) is 14.2 Å². The van der Waals surface area contributed by atoms with Crippen LogP contribution in [0.15, 0.2) is 0 Å². The molecule has 0 saturated heterocycles. The third-order valence-corrected chi connectivity index (χ3v) is 1.62. The highest BCUT2D eigenvalue weighted by atomic mass is 16.5. The highest BCUT2D eigenvalue weighted by molar-refractivity contribution is 6.32. The molecule has 0 aromatic rings. The van der Waals surface area contributed by atoms with E-state index >= 15 is 0 Å². The zero-order valence-corrected chi connectivity index (χ0v) is 7.60. The fourth-order valence-electron chi connectivity index (χ4n) is 0.573. The molecule has 0 fully saturated rings. The number of nitrogens with zero attached hydrogens (tertiary/aromatic N) is 1. The molecule has 0 aliphatic rings. The normalized spacial score (nSPS) is 11.6. The van der Waals surface area contributed by atoms with Gasteiger partial charge in [0.1, 0.15) is 6.04 Å². The summed E-state index contributed by atoms with van der Waals surface area (Å²) in [6, 6.07) is -1.05. The fraction of sp³-hybridized carbons (Fsp3) is 0.571. The van der Waals surface area contributed by atoms with E-state index in [-0.39, 0.29) is 0 Å². The lowest BCUT2D eigenvalue weighted by molar-refractivity contribution is -0.161. The van der Waals surface area contributed by atoms with E-state index in [0.29, 0.717) is 0 Å². The molecule has 0 heterocycles. The van der Waals surface area contributed by atoms with Crippen LogP contribution in [0.4, 0.5) is 0 Å². The van der Waals surface area contributed by atoms with Crippen molar-refractivity contribution >= 4 is 17.8 Å². The minimum Gasteiger partial charge on any atom is -0.480 e. The second kappa shape index (κ2) is 4.44. The number of esters is 1. The Kier molecular flexibility index (Phi) is 3.90. The second-order valence-electron chi connectivity index (χ2n) is 2.42. The van der Waals surface area contributed by atoms with E-state index in [1.165, 1.54) is 14.0 Å². The van der Waals surface area contributed by atoms with Crippen molar-refractivity contribution in [2.24, 2.45) is 0 Å². The van der Waals surface area contributed by atoms with E-state index in [2.05, 4.69) is 4.74 Å². The molecule has 0 aliphatic heterocycles. The Balaban J connectivity index is 4.42. The van der Waals surface area contributed by atoms with Crippen molar-refractivity contribution in [2.45, 2.75) is 13.0 Å². The number of carboxylic acids is 1. The summed E-state index contributed by atoms with van der Waals surface area (Å²) in [5, 5.41) is 8.51. The molecule has 0 saturated carbocycles. The molecule has 1 N–H and O–H groups in total. The number of rotatable bonds is 2. The molecular formula is C7H11NO5. The maximum Gasteiger partial charge on any atom is 0.396 e. The Morgan fingerprint density at radius 3 is 2.15 bits per heavy atom. The van der Waals surface area contributed by atoms with Gasteiger partial charge in [0.05, 0.1) is 7.11 Å². The van der Waals surface area contributed by atoms with Crippen molar-refractivity contribution in [1.82, 2.24) is 4.90 Å². The number of hydrogen-bond acceptors (Lipinski definition) is 4. The number of aliphatic carboxylic acids is 1. The lowest BCUT2D eigenvalue weighted by Crippen LogP contribution is -2.43. The summed E-state index contributed by atoms with van der Waals surface area (Å²) >= 11 is 0. The topological polar surface area (TPSA) is 83.9 Å². The molecule has 0 aromatic heterocycles. The molecule has 0 aliphatic carbocycles. The van der Waals surface area contributed by atoms with Crippen molar-refractivity contribution in [3.63, 3.8) is 0 Å². The number of carbonyl (C=O) groups is 3. The van der Waals surface area contributed by atoms with Gasteiger partial charge < -0.3 is 14.7 Å². The van der Waals surface area contributed by atoms with Crippen molar-refractivity contribution in [3.8, 4) is 0 Å². The van der Waals surface area contributed by atoms with E-state index in [4.69, 9.17) is 5.11 Å². The number of hydrogen-bond donors (Lipinski definition) is 1. The fourth-order valence-corrected chi connectivity index (χ4v) is 0.573. The molecule has 0 bridgehead atoms. The largest absolute Gasteiger partial charge is 0.480 e. The van der Waals surface area contributed by atoms with Gasteiger partial charge in [-0.05, 0) is 6.92 Å². The lowest BCUT2D eigenvalue weighted by Gasteiger charge is -2.19. The lowest BCUT2D eigenvalue weighted by atomic mass is 10.3. The van der Waals surface area contributed by atoms with Crippen LogP contribution in [-0.2, 0) is 19.1 Å². The monoisotopic (exact) mass is 189 g/mol. The maximum absolute atomic E-state index is 11.0. The van der Waals surface area contributed by atoms with Crippen LogP contribution in [0, 0.1) is 0 Å². The molecule has 6 heteroatoms. The third kappa shape index (κ3) is 2.73. The smallest absolute Gasteiger partial charge is 0.396 e. The van der Waals surface area contributed by atoms with Gasteiger partial charge in [-0.25, -0.2) is 9.59 Å². The van der Waals surface area contributed by atoms with Crippen molar-refractivity contribution in [3.05, 3.63) is 0 Å². The van der Waals surface area contributed by atoms with Crippen LogP contribution in [0.5, 0.6) is 0 Å². The zero-order valence-electron chi connectivity index (χ0n) is 7.60. The average Bonchev–Trinajstić information content (AvgIpc) is 2.12. The summed E-state index contributed by atoms with van der Waals surface area (Å²) in [4.78, 5) is 32.9. The average molecular weight is 189 g/mol. The van der Waals surface area contributed by atoms with Crippen LogP contribution in [0.2, 0.25) is 0 Å². The highest BCUT2D eigenvalue weighted by Gasteiger charge is 2.27. The summed E-state index contributed by atoms with van der Waals surface area (Å²) in [7, 11) is 2.28. The first-order chi connectivity index (χ1) is 5.91. The molecule has 13 heavy (non-hydrogen) atoms. The van der Waals surface area contributed by atoms with Gasteiger partial charge in [0.2, 0.25) is 0 Å². The Hall–Kier alpha value is -1.59. The first-order valence-corrected chi connectivity index (χ1v) is 3.49. The van der Waals surface area contributed by atoms with Gasteiger partial charge in [-0.2, -0.15) is 0 Å². The highest BCUT2D eigenvalue weighted by Crippen LogP contribution is 1.97. The molecule has 0 rings (SSSR count). The molecular weight excluding hydrogens is 178 g/mol. The zero-order chi connectivity index (χ0) is 10.6. The van der Waals surface area contributed by atoms with E-state index in [1.807, 2.05) is 0 Å². The van der Waals surface area contributed by atoms with Gasteiger partial charge in [0, 0.05) is 7.05 Å². The second-order valence-corrected chi connectivity index (χ2v) is 2.42. The van der Waals surface area contributed by atoms with Gasteiger partial charge in [-0.3, -0.25) is 4.79 Å². The first kappa shape index (κ1) is 11.4. The van der Waals surface area contributed by atoms with Crippen LogP contribution >= 0.6 is 0 Å². The number of carboxylic acid groups (broad SMARTS) is 1. The molecule has 6 nitrogen and oxygen atoms in total. The van der Waals surface area contributed by atoms with E-state index in [1.54, 1.807) is 0 Å². The van der Waals surface area contributed by atoms with Gasteiger partial charge in [0.25, 0.3) is 0 Å². The molecule has 0 radical (unpaired) electrons. The van der Waals surface area contributed by atoms with Crippen LogP contribution in [0.1, 0.15) is 6.92 Å². The SMILES string of the molecule is COC(=O)C(=O)N(C)[C@@H](C)C(=O)O. The number of amides is 1. The number of carbonyl (C=O) groups excluding carboxylic acids is 2. The van der Waals surface area contributed by atoms with Crippen LogP contribution < -0.4 is 0 Å². The predicted octanol–water partition coefficient (Wildman–Crippen LogP) is -0.909. The summed E-state index contributed by atoms with van der Waals surface area (Å²) in [5.41, 5.74) is 0. The molecule has 0 spiro atoms. The predicted molar refractivity (Wildman–Crippen MR) is 41.9 cm³/mol. The molecule has 0 unspecified atom stereocenters. The van der Waals surface area contributed by atoms with Crippen LogP contribution in [0.25, 0.3) is 0 Å². The quantitative estimate of drug-likeness (QED) is 0.449. The minimum absolute atomic E-state index is 0.800. The van der Waals surface area contributed by atoms with Crippen molar-refractivity contribution in [1.29, 1.82) is 0 Å². The molecule has 1 atom stereocenters. The van der Waals surface area contributed by atoms with Crippen molar-refractivity contribution < 1.29 is 24.2 Å². The standard InChI is InChI=1S/C7H11NO5/c1-4(6(10)11)8(2)5(9)7(12)13-3/h4H,1-3H3,(H,10,11)/t4-/m0/s1. The third-order valence-electron chi connectivity index (χ3n) is 1.62. The summed E-state index contributed by atoms with van der Waals surface area (Å²) in [5.74, 6) is -3.23. The molecule has 74 valence electrons. The molecule has 0 aromatic carbocycles. The Bertz CT molecular complexity index is 237. The molecule has 1 amide bonds. The van der Waals surface area contributed by atoms with E-state index in [9.17, 15) is 14.4 Å². The first-order valence-electron chi connectivity index (χ1n) is 3.49. The number of ether oxygens (including phenoxy) is 1. The Labute approximate surface area is 75.1 Å². The Morgan fingerprint density at radius 1 is 1.38 bits per heavy atom. The van der Waals surface area contributed by atoms with E-state index < -0.39 is 23.9 Å². The number of likely N-dealkylation sites (N-methyl/N-ethyl adjacent to an activating group) is 1. The van der Waals surface area contributed by atoms with E-state index in [0.717, 1.165) is 12.0 Å². The maximum atomic E-state index is 11.0. The van der Waals surface area contributed by atoms with Crippen LogP contribution in [0.3, 0.4) is 0 Å². The number of methoxy groups -OCH3 is 1. The van der Waals surface area contributed by atoms with Crippen LogP contribution in [-0.4, -0.2) is 48.1 Å². The summed E-state index contributed by atoms with van der Waals surface area (Å²) in [6.45, 7) is 1.29. The summed E-state index contributed by atoms with van der Waals surface area (Å²) < 4.78 is 4.14. The van der Waals surface area contributed by atoms with Gasteiger partial charge in [-0.15, -0.1) is 0 Å². The van der Waals surface area contributed by atoms with Gasteiger partial charge >= 0.3 is 17.8 Å². The van der Waals surface area contributed by atoms with Gasteiger partial charge in [0.15, 0.2) is 0 Å². The van der Waals surface area contributed by atoms with Gasteiger partial charge in [-0.1, -0.05) is 0 Å². The Morgan fingerprint density at radius 2 is 1.85 bits per heavy atom.